The maximum Gasteiger partial charge on any atom is 0.224 e. The van der Waals surface area contributed by atoms with Crippen LogP contribution in [0.2, 0.25) is 0 Å². The van der Waals surface area contributed by atoms with Crippen molar-refractivity contribution in [2.24, 2.45) is 7.05 Å². The highest BCUT2D eigenvalue weighted by atomic mass is 16.1. The molecule has 0 aromatic carbocycles. The lowest BCUT2D eigenvalue weighted by Crippen LogP contribution is -2.27. The summed E-state index contributed by atoms with van der Waals surface area (Å²) in [7, 11) is 1.94. The topological polar surface area (TPSA) is 62.7 Å². The standard InChI is InChI=1S/C15H22N4O/c1-10-7-13(9-17-10)8-15(20)16-6-5-14-11(2)18-19(4)12(14)3/h7,9,17H,5-6,8H2,1-4H3,(H,16,20). The summed E-state index contributed by atoms with van der Waals surface area (Å²) in [4.78, 5) is 14.9. The van der Waals surface area contributed by atoms with E-state index < -0.39 is 0 Å². The van der Waals surface area contributed by atoms with Crippen LogP contribution in [0.1, 0.15) is 28.2 Å². The third-order valence-corrected chi connectivity index (χ3v) is 3.61. The molecule has 20 heavy (non-hydrogen) atoms. The van der Waals surface area contributed by atoms with Gasteiger partial charge in [-0.2, -0.15) is 5.10 Å². The molecule has 0 aliphatic heterocycles. The molecule has 0 spiro atoms. The van der Waals surface area contributed by atoms with E-state index in [0.29, 0.717) is 13.0 Å². The van der Waals surface area contributed by atoms with Crippen LogP contribution in [0.3, 0.4) is 0 Å². The molecule has 5 nitrogen and oxygen atoms in total. The first-order chi connectivity index (χ1) is 9.47. The minimum Gasteiger partial charge on any atom is -0.365 e. The van der Waals surface area contributed by atoms with Gasteiger partial charge < -0.3 is 10.3 Å². The number of rotatable bonds is 5. The number of aromatic nitrogens is 3. The lowest BCUT2D eigenvalue weighted by atomic mass is 10.1. The van der Waals surface area contributed by atoms with Crippen molar-refractivity contribution < 1.29 is 4.79 Å². The first-order valence-electron chi connectivity index (χ1n) is 6.87. The van der Waals surface area contributed by atoms with Crippen LogP contribution in [-0.4, -0.2) is 27.2 Å². The van der Waals surface area contributed by atoms with Crippen molar-refractivity contribution in [2.45, 2.75) is 33.6 Å². The number of amides is 1. The number of aryl methyl sites for hydroxylation is 3. The van der Waals surface area contributed by atoms with Crippen LogP contribution in [0.4, 0.5) is 0 Å². The molecule has 0 bridgehead atoms. The van der Waals surface area contributed by atoms with Crippen LogP contribution in [0.5, 0.6) is 0 Å². The van der Waals surface area contributed by atoms with Gasteiger partial charge >= 0.3 is 0 Å². The number of H-pyrrole nitrogens is 1. The Labute approximate surface area is 119 Å². The van der Waals surface area contributed by atoms with Crippen molar-refractivity contribution in [3.05, 3.63) is 40.5 Å². The van der Waals surface area contributed by atoms with Gasteiger partial charge in [0.1, 0.15) is 0 Å². The van der Waals surface area contributed by atoms with Gasteiger partial charge in [-0.1, -0.05) is 0 Å². The Morgan fingerprint density at radius 3 is 2.70 bits per heavy atom. The van der Waals surface area contributed by atoms with Gasteiger partial charge in [0.2, 0.25) is 5.91 Å². The Balaban J connectivity index is 1.82. The molecule has 0 atom stereocenters. The molecular weight excluding hydrogens is 252 g/mol. The summed E-state index contributed by atoms with van der Waals surface area (Å²) in [5.41, 5.74) is 5.53. The third-order valence-electron chi connectivity index (χ3n) is 3.61. The van der Waals surface area contributed by atoms with E-state index in [4.69, 9.17) is 0 Å². The van der Waals surface area contributed by atoms with Crippen molar-refractivity contribution in [3.63, 3.8) is 0 Å². The monoisotopic (exact) mass is 274 g/mol. The SMILES string of the molecule is Cc1cc(CC(=O)NCCc2c(C)nn(C)c2C)c[nH]1. The largest absolute Gasteiger partial charge is 0.365 e. The highest BCUT2D eigenvalue weighted by Gasteiger charge is 2.10. The molecule has 2 N–H and O–H groups in total. The van der Waals surface area contributed by atoms with Crippen LogP contribution in [-0.2, 0) is 24.7 Å². The minimum absolute atomic E-state index is 0.0585. The van der Waals surface area contributed by atoms with Crippen molar-refractivity contribution >= 4 is 5.91 Å². The number of aromatic amines is 1. The highest BCUT2D eigenvalue weighted by Crippen LogP contribution is 2.11. The smallest absolute Gasteiger partial charge is 0.224 e. The van der Waals surface area contributed by atoms with Gasteiger partial charge in [-0.3, -0.25) is 9.48 Å². The molecule has 0 saturated carbocycles. The molecule has 5 heteroatoms. The van der Waals surface area contributed by atoms with Gasteiger partial charge in [0.15, 0.2) is 0 Å². The van der Waals surface area contributed by atoms with Crippen LogP contribution in [0.15, 0.2) is 12.3 Å². The Morgan fingerprint density at radius 2 is 2.15 bits per heavy atom. The average molecular weight is 274 g/mol. The fourth-order valence-electron chi connectivity index (χ4n) is 2.42. The van der Waals surface area contributed by atoms with Gasteiger partial charge in [-0.15, -0.1) is 0 Å². The molecule has 1 amide bonds. The van der Waals surface area contributed by atoms with Crippen LogP contribution >= 0.6 is 0 Å². The van der Waals surface area contributed by atoms with E-state index in [9.17, 15) is 4.79 Å². The lowest BCUT2D eigenvalue weighted by Gasteiger charge is -2.05. The molecule has 0 radical (unpaired) electrons. The number of carbonyl (C=O) groups excluding carboxylic acids is 1. The van der Waals surface area contributed by atoms with E-state index in [1.54, 1.807) is 0 Å². The first-order valence-corrected chi connectivity index (χ1v) is 6.87. The van der Waals surface area contributed by atoms with Gasteiger partial charge in [0.25, 0.3) is 0 Å². The normalized spacial score (nSPS) is 10.8. The highest BCUT2D eigenvalue weighted by molar-refractivity contribution is 5.78. The molecule has 0 aliphatic rings. The van der Waals surface area contributed by atoms with Gasteiger partial charge in [0, 0.05) is 31.2 Å². The van der Waals surface area contributed by atoms with Crippen LogP contribution in [0.25, 0.3) is 0 Å². The second-order valence-electron chi connectivity index (χ2n) is 5.24. The minimum atomic E-state index is 0.0585. The summed E-state index contributed by atoms with van der Waals surface area (Å²) in [6.07, 6.45) is 3.13. The molecule has 2 rings (SSSR count). The zero-order valence-electron chi connectivity index (χ0n) is 12.6. The Hall–Kier alpha value is -2.04. The maximum absolute atomic E-state index is 11.8. The Kier molecular flexibility index (Phi) is 4.27. The molecule has 0 unspecified atom stereocenters. The predicted octanol–water partition coefficient (Wildman–Crippen LogP) is 1.57. The quantitative estimate of drug-likeness (QED) is 0.869. The van der Waals surface area contributed by atoms with Crippen molar-refractivity contribution in [1.82, 2.24) is 20.1 Å². The van der Waals surface area contributed by atoms with E-state index in [0.717, 1.165) is 29.1 Å². The molecule has 0 saturated heterocycles. The molecule has 2 aromatic rings. The second-order valence-corrected chi connectivity index (χ2v) is 5.24. The van der Waals surface area contributed by atoms with Gasteiger partial charge in [-0.25, -0.2) is 0 Å². The van der Waals surface area contributed by atoms with E-state index in [1.807, 2.05) is 37.8 Å². The fraction of sp³-hybridized carbons (Fsp3) is 0.467. The third kappa shape index (κ3) is 3.29. The summed E-state index contributed by atoms with van der Waals surface area (Å²) in [5.74, 6) is 0.0585. The summed E-state index contributed by atoms with van der Waals surface area (Å²) >= 11 is 0. The zero-order valence-corrected chi connectivity index (χ0v) is 12.6. The van der Waals surface area contributed by atoms with Crippen molar-refractivity contribution in [2.75, 3.05) is 6.54 Å². The van der Waals surface area contributed by atoms with Crippen LogP contribution in [0, 0.1) is 20.8 Å². The van der Waals surface area contributed by atoms with E-state index in [1.165, 1.54) is 5.56 Å². The van der Waals surface area contributed by atoms with E-state index >= 15 is 0 Å². The predicted molar refractivity (Wildman–Crippen MR) is 78.6 cm³/mol. The van der Waals surface area contributed by atoms with E-state index in [2.05, 4.69) is 22.3 Å². The Bertz CT molecular complexity index is 609. The number of hydrogen-bond acceptors (Lipinski definition) is 2. The maximum atomic E-state index is 11.8. The molecule has 2 aromatic heterocycles. The van der Waals surface area contributed by atoms with Crippen molar-refractivity contribution in [1.29, 1.82) is 0 Å². The Morgan fingerprint density at radius 1 is 1.40 bits per heavy atom. The summed E-state index contributed by atoms with van der Waals surface area (Å²) in [5, 5.41) is 7.34. The van der Waals surface area contributed by atoms with Gasteiger partial charge in [-0.05, 0) is 44.4 Å². The molecule has 2 heterocycles. The lowest BCUT2D eigenvalue weighted by molar-refractivity contribution is -0.120. The number of nitrogens with zero attached hydrogens (tertiary/aromatic N) is 2. The zero-order chi connectivity index (χ0) is 14.7. The second kappa shape index (κ2) is 5.94. The summed E-state index contributed by atoms with van der Waals surface area (Å²) < 4.78 is 1.88. The summed E-state index contributed by atoms with van der Waals surface area (Å²) in [6, 6.07) is 2.00. The van der Waals surface area contributed by atoms with Crippen molar-refractivity contribution in [3.8, 4) is 0 Å². The molecule has 108 valence electrons. The van der Waals surface area contributed by atoms with Crippen LogP contribution < -0.4 is 5.32 Å². The summed E-state index contributed by atoms with van der Waals surface area (Å²) in [6.45, 7) is 6.69. The van der Waals surface area contributed by atoms with Gasteiger partial charge in [0.05, 0.1) is 12.1 Å². The number of carbonyl (C=O) groups is 1. The fourth-order valence-corrected chi connectivity index (χ4v) is 2.42. The average Bonchev–Trinajstić information content (AvgIpc) is 2.88. The number of nitrogens with one attached hydrogen (secondary N) is 2. The molecule has 0 fully saturated rings. The van der Waals surface area contributed by atoms with E-state index in [-0.39, 0.29) is 5.91 Å². The number of hydrogen-bond donors (Lipinski definition) is 2. The molecule has 0 aliphatic carbocycles. The first kappa shape index (κ1) is 14.4. The molecular formula is C15H22N4O.